The van der Waals surface area contributed by atoms with E-state index in [1.54, 1.807) is 7.11 Å². The van der Waals surface area contributed by atoms with Gasteiger partial charge in [0, 0.05) is 19.7 Å². The lowest BCUT2D eigenvalue weighted by molar-refractivity contribution is -0.130. The maximum atomic E-state index is 11.9. The fourth-order valence-electron chi connectivity index (χ4n) is 2.76. The second-order valence-corrected chi connectivity index (χ2v) is 5.51. The van der Waals surface area contributed by atoms with Crippen molar-refractivity contribution in [2.24, 2.45) is 11.8 Å². The highest BCUT2D eigenvalue weighted by Crippen LogP contribution is 2.26. The first-order chi connectivity index (χ1) is 8.60. The van der Waals surface area contributed by atoms with Crippen LogP contribution in [0.3, 0.4) is 0 Å². The molecule has 3 N–H and O–H groups in total. The predicted octanol–water partition coefficient (Wildman–Crippen LogP) is 0.892. The van der Waals surface area contributed by atoms with E-state index in [0.29, 0.717) is 18.6 Å². The molecule has 0 aromatic rings. The zero-order valence-corrected chi connectivity index (χ0v) is 11.8. The summed E-state index contributed by atoms with van der Waals surface area (Å²) >= 11 is 0. The zero-order chi connectivity index (χ0) is 13.5. The van der Waals surface area contributed by atoms with Crippen LogP contribution in [0.15, 0.2) is 0 Å². The number of carbonyl (C=O) groups excluding carboxylic acids is 1. The van der Waals surface area contributed by atoms with Crippen LogP contribution in [-0.2, 0) is 9.53 Å². The van der Waals surface area contributed by atoms with E-state index in [1.165, 1.54) is 25.7 Å². The lowest BCUT2D eigenvalue weighted by atomic mass is 10.1. The van der Waals surface area contributed by atoms with Gasteiger partial charge in [0.2, 0.25) is 0 Å². The Hall–Kier alpha value is -0.650. The number of hydrogen-bond acceptors (Lipinski definition) is 4. The van der Waals surface area contributed by atoms with E-state index < -0.39 is 0 Å². The van der Waals surface area contributed by atoms with Crippen molar-refractivity contribution >= 4 is 5.91 Å². The van der Waals surface area contributed by atoms with Gasteiger partial charge < -0.3 is 4.74 Å². The van der Waals surface area contributed by atoms with Crippen molar-refractivity contribution in [1.29, 1.82) is 0 Å². The van der Waals surface area contributed by atoms with Gasteiger partial charge in [-0.3, -0.25) is 15.1 Å². The molecule has 18 heavy (non-hydrogen) atoms. The van der Waals surface area contributed by atoms with Crippen LogP contribution in [0.5, 0.6) is 0 Å². The van der Waals surface area contributed by atoms with Crippen molar-refractivity contribution in [3.8, 4) is 0 Å². The largest absolute Gasteiger partial charge is 0.383 e. The minimum absolute atomic E-state index is 0.149. The lowest BCUT2D eigenvalue weighted by Crippen LogP contribution is -2.55. The number of methoxy groups -OCH3 is 1. The van der Waals surface area contributed by atoms with E-state index in [0.717, 1.165) is 6.54 Å². The van der Waals surface area contributed by atoms with Crippen molar-refractivity contribution in [1.82, 2.24) is 10.3 Å². The first kappa shape index (κ1) is 15.4. The molecule has 0 aromatic carbocycles. The molecule has 0 aromatic heterocycles. The normalized spacial score (nSPS) is 18.6. The molecule has 106 valence electrons. The molecule has 1 saturated carbocycles. The average molecular weight is 257 g/mol. The molecule has 0 spiro atoms. The summed E-state index contributed by atoms with van der Waals surface area (Å²) in [6, 6.07) is 0.218. The van der Waals surface area contributed by atoms with E-state index in [4.69, 9.17) is 10.6 Å². The molecular weight excluding hydrogens is 230 g/mol. The third-order valence-electron chi connectivity index (χ3n) is 3.54. The number of carbonyl (C=O) groups is 1. The van der Waals surface area contributed by atoms with Gasteiger partial charge in [0.15, 0.2) is 0 Å². The van der Waals surface area contributed by atoms with Crippen molar-refractivity contribution in [2.45, 2.75) is 51.6 Å². The number of hydrogen-bond donors (Lipinski definition) is 2. The van der Waals surface area contributed by atoms with Crippen LogP contribution >= 0.6 is 0 Å². The van der Waals surface area contributed by atoms with E-state index in [9.17, 15) is 4.79 Å². The Morgan fingerprint density at radius 3 is 2.50 bits per heavy atom. The fraction of sp³-hybridized carbons (Fsp3) is 0.923. The van der Waals surface area contributed by atoms with Crippen LogP contribution in [-0.4, -0.2) is 43.2 Å². The molecule has 0 heterocycles. The number of ether oxygens (including phenoxy) is 1. The Morgan fingerprint density at radius 2 is 2.06 bits per heavy atom. The number of rotatable bonds is 7. The molecule has 5 nitrogen and oxygen atoms in total. The monoisotopic (exact) mass is 257 g/mol. The second kappa shape index (κ2) is 7.71. The molecule has 0 aliphatic heterocycles. The maximum absolute atomic E-state index is 11.9. The summed E-state index contributed by atoms with van der Waals surface area (Å²) in [5.41, 5.74) is 2.27. The van der Waals surface area contributed by atoms with E-state index in [2.05, 4.69) is 24.2 Å². The number of amides is 1. The number of hydrazine groups is 1. The molecule has 0 radical (unpaired) electrons. The smallest absolute Gasteiger partial charge is 0.253 e. The third kappa shape index (κ3) is 4.23. The summed E-state index contributed by atoms with van der Waals surface area (Å²) in [6.45, 7) is 5.65. The quantitative estimate of drug-likeness (QED) is 0.404. The molecule has 1 rings (SSSR count). The van der Waals surface area contributed by atoms with Gasteiger partial charge >= 0.3 is 0 Å². The molecule has 1 atom stereocenters. The first-order valence-electron chi connectivity index (χ1n) is 6.85. The lowest BCUT2D eigenvalue weighted by Gasteiger charge is -2.36. The summed E-state index contributed by atoms with van der Waals surface area (Å²) in [5, 5.41) is 0. The SMILES string of the molecule is COCC(C(=O)NN)N(CC(C)C)C1CCCC1. The average Bonchev–Trinajstić information content (AvgIpc) is 2.86. The minimum Gasteiger partial charge on any atom is -0.383 e. The molecule has 1 unspecified atom stereocenters. The van der Waals surface area contributed by atoms with Gasteiger partial charge in [0.25, 0.3) is 5.91 Å². The molecular formula is C13H27N3O2. The highest BCUT2D eigenvalue weighted by atomic mass is 16.5. The highest BCUT2D eigenvalue weighted by molar-refractivity contribution is 5.81. The molecule has 0 bridgehead atoms. The van der Waals surface area contributed by atoms with E-state index in [-0.39, 0.29) is 11.9 Å². The molecule has 0 saturated heterocycles. The standard InChI is InChI=1S/C13H27N3O2/c1-10(2)8-16(11-6-4-5-7-11)12(9-18-3)13(17)15-14/h10-12H,4-9,14H2,1-3H3,(H,15,17). The molecule has 1 aliphatic rings. The third-order valence-corrected chi connectivity index (χ3v) is 3.54. The Kier molecular flexibility index (Phi) is 6.60. The van der Waals surface area contributed by atoms with Crippen molar-refractivity contribution < 1.29 is 9.53 Å². The predicted molar refractivity (Wildman–Crippen MR) is 71.8 cm³/mol. The number of nitrogens with zero attached hydrogens (tertiary/aromatic N) is 1. The fourth-order valence-corrected chi connectivity index (χ4v) is 2.76. The number of nitrogens with two attached hydrogens (primary N) is 1. The Morgan fingerprint density at radius 1 is 1.44 bits per heavy atom. The van der Waals surface area contributed by atoms with Gasteiger partial charge in [-0.25, -0.2) is 5.84 Å². The molecule has 1 aliphatic carbocycles. The Balaban J connectivity index is 2.78. The van der Waals surface area contributed by atoms with Crippen LogP contribution in [0.25, 0.3) is 0 Å². The van der Waals surface area contributed by atoms with Gasteiger partial charge in [0.05, 0.1) is 6.61 Å². The molecule has 1 amide bonds. The van der Waals surface area contributed by atoms with Crippen LogP contribution < -0.4 is 11.3 Å². The van der Waals surface area contributed by atoms with Gasteiger partial charge in [-0.05, 0) is 18.8 Å². The number of nitrogens with one attached hydrogen (secondary N) is 1. The van der Waals surface area contributed by atoms with Crippen LogP contribution in [0.4, 0.5) is 0 Å². The molecule has 1 fully saturated rings. The molecule has 5 heteroatoms. The summed E-state index contributed by atoms with van der Waals surface area (Å²) in [6.07, 6.45) is 4.85. The van der Waals surface area contributed by atoms with Crippen LogP contribution in [0.2, 0.25) is 0 Å². The second-order valence-electron chi connectivity index (χ2n) is 5.51. The Bertz CT molecular complexity index is 253. The van der Waals surface area contributed by atoms with Crippen molar-refractivity contribution in [3.63, 3.8) is 0 Å². The van der Waals surface area contributed by atoms with E-state index in [1.807, 2.05) is 0 Å². The van der Waals surface area contributed by atoms with Gasteiger partial charge in [0.1, 0.15) is 6.04 Å². The minimum atomic E-state index is -0.273. The topological polar surface area (TPSA) is 67.6 Å². The van der Waals surface area contributed by atoms with Crippen LogP contribution in [0, 0.1) is 5.92 Å². The van der Waals surface area contributed by atoms with Gasteiger partial charge in [-0.15, -0.1) is 0 Å². The van der Waals surface area contributed by atoms with Gasteiger partial charge in [-0.1, -0.05) is 26.7 Å². The summed E-state index contributed by atoms with van der Waals surface area (Å²) < 4.78 is 5.19. The summed E-state index contributed by atoms with van der Waals surface area (Å²) in [5.74, 6) is 5.66. The van der Waals surface area contributed by atoms with E-state index >= 15 is 0 Å². The zero-order valence-electron chi connectivity index (χ0n) is 11.8. The van der Waals surface area contributed by atoms with Gasteiger partial charge in [-0.2, -0.15) is 0 Å². The highest BCUT2D eigenvalue weighted by Gasteiger charge is 2.33. The Labute approximate surface area is 110 Å². The summed E-state index contributed by atoms with van der Waals surface area (Å²) in [7, 11) is 1.62. The first-order valence-corrected chi connectivity index (χ1v) is 6.85. The summed E-state index contributed by atoms with van der Waals surface area (Å²) in [4.78, 5) is 14.2. The van der Waals surface area contributed by atoms with Crippen LogP contribution in [0.1, 0.15) is 39.5 Å². The van der Waals surface area contributed by atoms with Crippen molar-refractivity contribution in [2.75, 3.05) is 20.3 Å². The maximum Gasteiger partial charge on any atom is 0.253 e. The van der Waals surface area contributed by atoms with Crippen molar-refractivity contribution in [3.05, 3.63) is 0 Å².